The number of benzene rings is 1. The zero-order chi connectivity index (χ0) is 15.9. The van der Waals surface area contributed by atoms with Crippen LogP contribution in [0.15, 0.2) is 27.4 Å². The van der Waals surface area contributed by atoms with Gasteiger partial charge in [-0.2, -0.15) is 0 Å². The van der Waals surface area contributed by atoms with Crippen LogP contribution < -0.4 is 19.8 Å². The fourth-order valence-corrected chi connectivity index (χ4v) is 2.04. The molecule has 7 heteroatoms. The van der Waals surface area contributed by atoms with E-state index in [4.69, 9.17) is 18.6 Å². The quantitative estimate of drug-likeness (QED) is 0.814. The molecule has 0 bridgehead atoms. The highest BCUT2D eigenvalue weighted by molar-refractivity contribution is 5.91. The number of ether oxygens (including phenoxy) is 3. The molecule has 0 fully saturated rings. The summed E-state index contributed by atoms with van der Waals surface area (Å²) in [6.07, 6.45) is -1.08. The van der Waals surface area contributed by atoms with Gasteiger partial charge in [-0.05, 0) is 19.9 Å². The topological polar surface area (TPSA) is 98.4 Å². The first-order chi connectivity index (χ1) is 10.4. The van der Waals surface area contributed by atoms with Crippen molar-refractivity contribution in [2.45, 2.75) is 25.6 Å². The van der Waals surface area contributed by atoms with Crippen molar-refractivity contribution in [2.75, 3.05) is 13.4 Å². The smallest absolute Gasteiger partial charge is 0.336 e. The number of aliphatic hydroxyl groups is 2. The van der Waals surface area contributed by atoms with Crippen LogP contribution in [-0.2, 0) is 0 Å². The molecule has 1 unspecified atom stereocenters. The van der Waals surface area contributed by atoms with E-state index in [1.54, 1.807) is 12.1 Å². The van der Waals surface area contributed by atoms with E-state index in [-0.39, 0.29) is 19.0 Å². The number of hydrogen-bond donors (Lipinski definition) is 2. The molecule has 0 saturated carbocycles. The van der Waals surface area contributed by atoms with Crippen molar-refractivity contribution < 1.29 is 28.8 Å². The first-order valence-corrected chi connectivity index (χ1v) is 6.76. The fraction of sp³-hybridized carbons (Fsp3) is 0.400. The van der Waals surface area contributed by atoms with Gasteiger partial charge in [-0.25, -0.2) is 4.79 Å². The van der Waals surface area contributed by atoms with Crippen LogP contribution in [0.2, 0.25) is 0 Å². The molecule has 0 amide bonds. The Morgan fingerprint density at radius 2 is 2.14 bits per heavy atom. The minimum atomic E-state index is -1.29. The first-order valence-electron chi connectivity index (χ1n) is 6.76. The molecule has 2 N–H and O–H groups in total. The third-order valence-electron chi connectivity index (χ3n) is 3.42. The van der Waals surface area contributed by atoms with E-state index in [0.29, 0.717) is 22.6 Å². The Morgan fingerprint density at radius 1 is 1.36 bits per heavy atom. The molecule has 0 radical (unpaired) electrons. The second-order valence-corrected chi connectivity index (χ2v) is 5.59. The summed E-state index contributed by atoms with van der Waals surface area (Å²) in [6.45, 7) is 2.87. The second-order valence-electron chi connectivity index (χ2n) is 5.59. The highest BCUT2D eigenvalue weighted by Gasteiger charge is 2.27. The molecule has 3 rings (SSSR count). The Labute approximate surface area is 125 Å². The van der Waals surface area contributed by atoms with Crippen molar-refractivity contribution in [3.05, 3.63) is 28.6 Å². The average molecular weight is 308 g/mol. The molecular formula is C15H16O7. The number of rotatable bonds is 4. The molecule has 1 aromatic heterocycles. The Hall–Kier alpha value is -2.25. The molecule has 1 atom stereocenters. The molecule has 0 saturated heterocycles. The van der Waals surface area contributed by atoms with Crippen LogP contribution in [0, 0.1) is 0 Å². The molecule has 1 aliphatic heterocycles. The lowest BCUT2D eigenvalue weighted by atomic mass is 10.0. The van der Waals surface area contributed by atoms with Crippen molar-refractivity contribution in [1.82, 2.24) is 0 Å². The summed E-state index contributed by atoms with van der Waals surface area (Å²) in [4.78, 5) is 11.4. The molecule has 0 spiro atoms. The van der Waals surface area contributed by atoms with Crippen LogP contribution in [0.25, 0.3) is 11.0 Å². The Bertz CT molecular complexity index is 757. The number of hydrogen-bond acceptors (Lipinski definition) is 7. The molecule has 0 aliphatic carbocycles. The predicted octanol–water partition coefficient (Wildman–Crippen LogP) is 1.03. The van der Waals surface area contributed by atoms with Crippen LogP contribution in [0.1, 0.15) is 13.8 Å². The highest BCUT2D eigenvalue weighted by atomic mass is 16.7. The van der Waals surface area contributed by atoms with Gasteiger partial charge in [-0.15, -0.1) is 0 Å². The third kappa shape index (κ3) is 2.60. The lowest BCUT2D eigenvalue weighted by molar-refractivity contribution is -0.0659. The van der Waals surface area contributed by atoms with Crippen LogP contribution in [0.5, 0.6) is 17.2 Å². The lowest BCUT2D eigenvalue weighted by Gasteiger charge is -2.24. The van der Waals surface area contributed by atoms with E-state index in [0.717, 1.165) is 0 Å². The van der Waals surface area contributed by atoms with Gasteiger partial charge in [0.25, 0.3) is 0 Å². The maximum Gasteiger partial charge on any atom is 0.336 e. The van der Waals surface area contributed by atoms with Gasteiger partial charge in [0, 0.05) is 12.1 Å². The SMILES string of the molecule is CC(C)(O)C(O)COc1cc2c(c3oc(=O)ccc13)OCO2. The molecule has 2 aromatic rings. The predicted molar refractivity (Wildman–Crippen MR) is 76.4 cm³/mol. The molecule has 2 heterocycles. The highest BCUT2D eigenvalue weighted by Crippen LogP contribution is 2.43. The maximum atomic E-state index is 11.4. The summed E-state index contributed by atoms with van der Waals surface area (Å²) in [5.74, 6) is 1.11. The molecule has 1 aliphatic rings. The Kier molecular flexibility index (Phi) is 3.46. The van der Waals surface area contributed by atoms with Gasteiger partial charge in [0.1, 0.15) is 18.5 Å². The second kappa shape index (κ2) is 5.19. The van der Waals surface area contributed by atoms with E-state index in [1.807, 2.05) is 0 Å². The van der Waals surface area contributed by atoms with Gasteiger partial charge < -0.3 is 28.8 Å². The van der Waals surface area contributed by atoms with Crippen molar-refractivity contribution in [2.24, 2.45) is 0 Å². The van der Waals surface area contributed by atoms with Crippen LogP contribution in [-0.4, -0.2) is 35.3 Å². The van der Waals surface area contributed by atoms with Crippen molar-refractivity contribution >= 4 is 11.0 Å². The van der Waals surface area contributed by atoms with Crippen LogP contribution >= 0.6 is 0 Å². The largest absolute Gasteiger partial charge is 0.490 e. The van der Waals surface area contributed by atoms with Gasteiger partial charge in [-0.3, -0.25) is 0 Å². The van der Waals surface area contributed by atoms with E-state index in [1.165, 1.54) is 19.9 Å². The van der Waals surface area contributed by atoms with Crippen molar-refractivity contribution in [1.29, 1.82) is 0 Å². The molecule has 22 heavy (non-hydrogen) atoms. The van der Waals surface area contributed by atoms with Gasteiger partial charge in [0.05, 0.1) is 11.0 Å². The summed E-state index contributed by atoms with van der Waals surface area (Å²) in [6, 6.07) is 4.42. The van der Waals surface area contributed by atoms with E-state index < -0.39 is 17.3 Å². The molecule has 1 aromatic carbocycles. The van der Waals surface area contributed by atoms with E-state index in [2.05, 4.69) is 0 Å². The summed E-state index contributed by atoms with van der Waals surface area (Å²) in [5.41, 5.74) is -1.58. The third-order valence-corrected chi connectivity index (χ3v) is 3.42. The zero-order valence-corrected chi connectivity index (χ0v) is 12.2. The van der Waals surface area contributed by atoms with Crippen molar-refractivity contribution in [3.63, 3.8) is 0 Å². The summed E-state index contributed by atoms with van der Waals surface area (Å²) < 4.78 is 21.3. The number of fused-ring (bicyclic) bond motifs is 3. The number of aliphatic hydroxyl groups excluding tert-OH is 1. The standard InChI is InChI=1S/C15H16O7/c1-15(2,18)11(16)6-19-9-5-10-14(21-7-20-10)13-8(9)3-4-12(17)22-13/h3-5,11,16,18H,6-7H2,1-2H3. The maximum absolute atomic E-state index is 11.4. The summed E-state index contributed by atoms with van der Waals surface area (Å²) >= 11 is 0. The average Bonchev–Trinajstić information content (AvgIpc) is 2.91. The first kappa shape index (κ1) is 14.7. The normalized spacial score (nSPS) is 15.1. The fourth-order valence-electron chi connectivity index (χ4n) is 2.04. The van der Waals surface area contributed by atoms with E-state index >= 15 is 0 Å². The Balaban J connectivity index is 2.00. The summed E-state index contributed by atoms with van der Waals surface area (Å²) in [5, 5.41) is 20.1. The summed E-state index contributed by atoms with van der Waals surface area (Å²) in [7, 11) is 0. The van der Waals surface area contributed by atoms with Gasteiger partial charge in [0.2, 0.25) is 12.5 Å². The monoisotopic (exact) mass is 308 g/mol. The molecule has 7 nitrogen and oxygen atoms in total. The van der Waals surface area contributed by atoms with Gasteiger partial charge in [-0.1, -0.05) is 0 Å². The van der Waals surface area contributed by atoms with Gasteiger partial charge >= 0.3 is 5.63 Å². The molecular weight excluding hydrogens is 292 g/mol. The zero-order valence-electron chi connectivity index (χ0n) is 12.2. The Morgan fingerprint density at radius 3 is 2.86 bits per heavy atom. The minimum Gasteiger partial charge on any atom is -0.490 e. The van der Waals surface area contributed by atoms with Gasteiger partial charge in [0.15, 0.2) is 11.3 Å². The van der Waals surface area contributed by atoms with Crippen molar-refractivity contribution in [3.8, 4) is 17.2 Å². The van der Waals surface area contributed by atoms with E-state index in [9.17, 15) is 15.0 Å². The minimum absolute atomic E-state index is 0.0266. The van der Waals surface area contributed by atoms with Crippen LogP contribution in [0.4, 0.5) is 0 Å². The lowest BCUT2D eigenvalue weighted by Crippen LogP contribution is -2.40. The van der Waals surface area contributed by atoms with Crippen LogP contribution in [0.3, 0.4) is 0 Å². The molecule has 118 valence electrons.